The second-order valence-corrected chi connectivity index (χ2v) is 6.54. The minimum atomic E-state index is 0. The molecule has 0 spiro atoms. The van der Waals surface area contributed by atoms with Gasteiger partial charge in [0.2, 0.25) is 0 Å². The second-order valence-electron chi connectivity index (χ2n) is 6.54. The number of imidazole rings is 1. The largest absolute Gasteiger partial charge is 0.497 e. The van der Waals surface area contributed by atoms with Crippen LogP contribution in [0.3, 0.4) is 0 Å². The zero-order valence-electron chi connectivity index (χ0n) is 17.5. The molecule has 3 aromatic rings. The van der Waals surface area contributed by atoms with Gasteiger partial charge in [-0.1, -0.05) is 18.2 Å². The van der Waals surface area contributed by atoms with Crippen LogP contribution in [0.4, 0.5) is 0 Å². The summed E-state index contributed by atoms with van der Waals surface area (Å²) in [5.74, 6) is 1.60. The summed E-state index contributed by atoms with van der Waals surface area (Å²) < 4.78 is 12.6. The van der Waals surface area contributed by atoms with Crippen LogP contribution in [-0.2, 0) is 17.8 Å². The molecule has 0 aliphatic rings. The van der Waals surface area contributed by atoms with Crippen molar-refractivity contribution in [3.63, 3.8) is 0 Å². The van der Waals surface area contributed by atoms with Gasteiger partial charge in [-0.05, 0) is 43.2 Å². The Morgan fingerprint density at radius 3 is 2.70 bits per heavy atom. The van der Waals surface area contributed by atoms with Gasteiger partial charge in [0.15, 0.2) is 5.96 Å². The highest BCUT2D eigenvalue weighted by Gasteiger charge is 2.04. The summed E-state index contributed by atoms with van der Waals surface area (Å²) in [6, 6.07) is 13.9. The van der Waals surface area contributed by atoms with E-state index in [1.54, 1.807) is 7.11 Å². The molecule has 0 fully saturated rings. The fraction of sp³-hybridized carbons (Fsp3) is 0.364. The van der Waals surface area contributed by atoms with Crippen molar-refractivity contribution in [1.29, 1.82) is 0 Å². The fourth-order valence-electron chi connectivity index (χ4n) is 2.85. The number of pyridine rings is 1. The first-order chi connectivity index (χ1) is 14.3. The van der Waals surface area contributed by atoms with Crippen molar-refractivity contribution >= 4 is 35.6 Å². The number of fused-ring (bicyclic) bond motifs is 1. The van der Waals surface area contributed by atoms with E-state index in [0.717, 1.165) is 54.8 Å². The molecule has 0 bridgehead atoms. The molecule has 2 heterocycles. The molecule has 30 heavy (non-hydrogen) atoms. The van der Waals surface area contributed by atoms with Gasteiger partial charge >= 0.3 is 0 Å². The number of nitrogens with one attached hydrogen (secondary N) is 2. The first kappa shape index (κ1) is 23.9. The fourth-order valence-corrected chi connectivity index (χ4v) is 2.85. The molecule has 2 aromatic heterocycles. The SMILES string of the molecule is CCOCCCNC(=NCc1ccc(OC)cc1)NCc1cn2ccccc2n1.I. The van der Waals surface area contributed by atoms with Gasteiger partial charge in [-0.3, -0.25) is 0 Å². The van der Waals surface area contributed by atoms with Crippen molar-refractivity contribution in [1.82, 2.24) is 20.0 Å². The van der Waals surface area contributed by atoms with Crippen LogP contribution >= 0.6 is 24.0 Å². The molecule has 0 aliphatic carbocycles. The van der Waals surface area contributed by atoms with Gasteiger partial charge in [0.1, 0.15) is 11.4 Å². The van der Waals surface area contributed by atoms with E-state index >= 15 is 0 Å². The Morgan fingerprint density at radius 2 is 1.97 bits per heavy atom. The lowest BCUT2D eigenvalue weighted by Crippen LogP contribution is -2.38. The zero-order valence-corrected chi connectivity index (χ0v) is 19.8. The van der Waals surface area contributed by atoms with Gasteiger partial charge in [-0.2, -0.15) is 0 Å². The predicted octanol–water partition coefficient (Wildman–Crippen LogP) is 3.62. The number of aromatic nitrogens is 2. The highest BCUT2D eigenvalue weighted by Crippen LogP contribution is 2.12. The summed E-state index contributed by atoms with van der Waals surface area (Å²) >= 11 is 0. The number of hydrogen-bond donors (Lipinski definition) is 2. The number of ether oxygens (including phenoxy) is 2. The zero-order chi connectivity index (χ0) is 20.3. The molecule has 1 aromatic carbocycles. The van der Waals surface area contributed by atoms with E-state index in [9.17, 15) is 0 Å². The van der Waals surface area contributed by atoms with Crippen LogP contribution < -0.4 is 15.4 Å². The van der Waals surface area contributed by atoms with E-state index < -0.39 is 0 Å². The quantitative estimate of drug-likeness (QED) is 0.184. The number of nitrogens with zero attached hydrogens (tertiary/aromatic N) is 3. The summed E-state index contributed by atoms with van der Waals surface area (Å²) in [6.07, 6.45) is 4.94. The smallest absolute Gasteiger partial charge is 0.191 e. The Kier molecular flexibility index (Phi) is 10.4. The Hall–Kier alpha value is -2.33. The summed E-state index contributed by atoms with van der Waals surface area (Å²) in [5, 5.41) is 6.75. The van der Waals surface area contributed by atoms with Gasteiger partial charge in [0.25, 0.3) is 0 Å². The summed E-state index contributed by atoms with van der Waals surface area (Å²) in [6.45, 7) is 5.45. The second kappa shape index (κ2) is 13.1. The summed E-state index contributed by atoms with van der Waals surface area (Å²) in [4.78, 5) is 9.34. The molecule has 162 valence electrons. The molecule has 3 rings (SSSR count). The van der Waals surface area contributed by atoms with Gasteiger partial charge < -0.3 is 24.5 Å². The van der Waals surface area contributed by atoms with Crippen molar-refractivity contribution in [3.8, 4) is 5.75 Å². The van der Waals surface area contributed by atoms with E-state index in [-0.39, 0.29) is 24.0 Å². The van der Waals surface area contributed by atoms with E-state index in [4.69, 9.17) is 14.5 Å². The van der Waals surface area contributed by atoms with Gasteiger partial charge in [-0.25, -0.2) is 9.98 Å². The first-order valence-electron chi connectivity index (χ1n) is 9.94. The standard InChI is InChI=1S/C22H29N5O2.HI/c1-3-29-14-6-12-23-22(24-15-18-8-10-20(28-2)11-9-18)25-16-19-17-27-13-5-4-7-21(27)26-19;/h4-5,7-11,13,17H,3,6,12,14-16H2,1-2H3,(H2,23,24,25);1H. The van der Waals surface area contributed by atoms with Crippen molar-refractivity contribution in [2.75, 3.05) is 26.9 Å². The average Bonchev–Trinajstić information content (AvgIpc) is 3.18. The van der Waals surface area contributed by atoms with E-state index in [0.29, 0.717) is 13.1 Å². The minimum Gasteiger partial charge on any atom is -0.497 e. The molecule has 0 saturated carbocycles. The van der Waals surface area contributed by atoms with E-state index in [2.05, 4.69) is 15.6 Å². The van der Waals surface area contributed by atoms with Crippen LogP contribution in [-0.4, -0.2) is 42.2 Å². The van der Waals surface area contributed by atoms with Crippen molar-refractivity contribution in [3.05, 3.63) is 66.1 Å². The highest BCUT2D eigenvalue weighted by atomic mass is 127. The average molecular weight is 523 g/mol. The molecule has 0 atom stereocenters. The van der Waals surface area contributed by atoms with E-state index in [1.807, 2.05) is 66.2 Å². The van der Waals surface area contributed by atoms with Crippen LogP contribution in [0.15, 0.2) is 59.9 Å². The third-order valence-corrected chi connectivity index (χ3v) is 4.39. The predicted molar refractivity (Wildman–Crippen MR) is 131 cm³/mol. The van der Waals surface area contributed by atoms with Crippen LogP contribution in [0.5, 0.6) is 5.75 Å². The third kappa shape index (κ3) is 7.49. The maximum absolute atomic E-state index is 5.40. The number of hydrogen-bond acceptors (Lipinski definition) is 4. The monoisotopic (exact) mass is 523 g/mol. The number of halogens is 1. The molecular formula is C22H30IN5O2. The summed E-state index contributed by atoms with van der Waals surface area (Å²) in [5.41, 5.74) is 3.02. The van der Waals surface area contributed by atoms with Crippen LogP contribution in [0.25, 0.3) is 5.65 Å². The minimum absolute atomic E-state index is 0. The number of rotatable bonds is 10. The molecule has 0 saturated heterocycles. The molecule has 7 nitrogen and oxygen atoms in total. The Bertz CT molecular complexity index is 878. The normalized spacial score (nSPS) is 11.2. The van der Waals surface area contributed by atoms with Crippen LogP contribution in [0.2, 0.25) is 0 Å². The van der Waals surface area contributed by atoms with Crippen molar-refractivity contribution in [2.24, 2.45) is 4.99 Å². The Labute approximate surface area is 194 Å². The van der Waals surface area contributed by atoms with Crippen LogP contribution in [0, 0.1) is 0 Å². The van der Waals surface area contributed by atoms with Gasteiger partial charge in [0, 0.05) is 32.2 Å². The van der Waals surface area contributed by atoms with Crippen molar-refractivity contribution < 1.29 is 9.47 Å². The molecule has 0 aliphatic heterocycles. The maximum Gasteiger partial charge on any atom is 0.191 e. The lowest BCUT2D eigenvalue weighted by molar-refractivity contribution is 0.145. The van der Waals surface area contributed by atoms with Crippen molar-refractivity contribution in [2.45, 2.75) is 26.4 Å². The molecule has 0 amide bonds. The first-order valence-corrected chi connectivity index (χ1v) is 9.94. The number of benzene rings is 1. The molecule has 2 N–H and O–H groups in total. The van der Waals surface area contributed by atoms with E-state index in [1.165, 1.54) is 0 Å². The highest BCUT2D eigenvalue weighted by molar-refractivity contribution is 14.0. The lowest BCUT2D eigenvalue weighted by atomic mass is 10.2. The lowest BCUT2D eigenvalue weighted by Gasteiger charge is -2.12. The third-order valence-electron chi connectivity index (χ3n) is 4.39. The Morgan fingerprint density at radius 1 is 1.13 bits per heavy atom. The summed E-state index contributed by atoms with van der Waals surface area (Å²) in [7, 11) is 1.67. The van der Waals surface area contributed by atoms with Gasteiger partial charge in [0.05, 0.1) is 25.9 Å². The number of methoxy groups -OCH3 is 1. The Balaban J connectivity index is 0.00000320. The number of aliphatic imine (C=N–C) groups is 1. The maximum atomic E-state index is 5.40. The molecule has 8 heteroatoms. The van der Waals surface area contributed by atoms with Crippen LogP contribution in [0.1, 0.15) is 24.6 Å². The molecule has 0 radical (unpaired) electrons. The van der Waals surface area contributed by atoms with Gasteiger partial charge in [-0.15, -0.1) is 24.0 Å². The molecular weight excluding hydrogens is 493 g/mol. The molecule has 0 unspecified atom stereocenters. The number of guanidine groups is 1. The topological polar surface area (TPSA) is 72.2 Å².